The lowest BCUT2D eigenvalue weighted by Gasteiger charge is -2.17. The summed E-state index contributed by atoms with van der Waals surface area (Å²) in [7, 11) is -1.57. The standard InChI is InChI=1S/C13H13NO2S/c1-14-10-6-5-7-12(14)11-17(15,16)13-8-3-2-4-9-13/h2-11H,1H3. The predicted octanol–water partition coefficient (Wildman–Crippen LogP) is 2.32. The second kappa shape index (κ2) is 4.59. The van der Waals surface area contributed by atoms with Gasteiger partial charge in [0.05, 0.1) is 16.0 Å². The molecule has 0 aliphatic carbocycles. The molecule has 1 heterocycles. The van der Waals surface area contributed by atoms with Gasteiger partial charge in [-0.15, -0.1) is 0 Å². The Morgan fingerprint density at radius 2 is 1.82 bits per heavy atom. The lowest BCUT2D eigenvalue weighted by molar-refractivity contribution is 0.578. The Kier molecular flexibility index (Phi) is 3.15. The molecule has 0 saturated carbocycles. The topological polar surface area (TPSA) is 37.4 Å². The maximum atomic E-state index is 12.1. The van der Waals surface area contributed by atoms with Crippen molar-refractivity contribution >= 4 is 9.84 Å². The van der Waals surface area contributed by atoms with Crippen LogP contribution in [0.1, 0.15) is 0 Å². The van der Waals surface area contributed by atoms with E-state index >= 15 is 0 Å². The van der Waals surface area contributed by atoms with Gasteiger partial charge in [-0.25, -0.2) is 8.42 Å². The molecular formula is C13H13NO2S. The van der Waals surface area contributed by atoms with Crippen molar-refractivity contribution < 1.29 is 8.42 Å². The Morgan fingerprint density at radius 3 is 2.47 bits per heavy atom. The first-order valence-electron chi connectivity index (χ1n) is 5.19. The highest BCUT2D eigenvalue weighted by molar-refractivity contribution is 7.94. The van der Waals surface area contributed by atoms with Gasteiger partial charge in [0.1, 0.15) is 0 Å². The molecule has 0 bridgehead atoms. The van der Waals surface area contributed by atoms with Crippen LogP contribution in [0.25, 0.3) is 0 Å². The summed E-state index contributed by atoms with van der Waals surface area (Å²) in [6, 6.07) is 8.41. The number of allylic oxidation sites excluding steroid dienone is 3. The summed E-state index contributed by atoms with van der Waals surface area (Å²) in [4.78, 5) is 2.07. The average molecular weight is 247 g/mol. The predicted molar refractivity (Wildman–Crippen MR) is 67.8 cm³/mol. The van der Waals surface area contributed by atoms with Crippen molar-refractivity contribution in [1.29, 1.82) is 0 Å². The zero-order valence-corrected chi connectivity index (χ0v) is 10.3. The van der Waals surface area contributed by atoms with Gasteiger partial charge in [0, 0.05) is 13.2 Å². The molecular weight excluding hydrogens is 234 g/mol. The van der Waals surface area contributed by atoms with Crippen molar-refractivity contribution in [1.82, 2.24) is 4.90 Å². The molecule has 17 heavy (non-hydrogen) atoms. The van der Waals surface area contributed by atoms with Crippen molar-refractivity contribution in [2.45, 2.75) is 4.90 Å². The molecule has 1 aliphatic rings. The fraction of sp³-hybridized carbons (Fsp3) is 0.0769. The molecule has 3 nitrogen and oxygen atoms in total. The van der Waals surface area contributed by atoms with Crippen molar-refractivity contribution in [3.63, 3.8) is 0 Å². The summed E-state index contributed by atoms with van der Waals surface area (Å²) >= 11 is 0. The van der Waals surface area contributed by atoms with Crippen LogP contribution < -0.4 is 0 Å². The SMILES string of the molecule is CN1C=CC=CC1=CS(=O)(=O)c1ccccc1. The number of sulfone groups is 1. The van der Waals surface area contributed by atoms with Crippen molar-refractivity contribution in [2.75, 3.05) is 7.05 Å². The molecule has 0 atom stereocenters. The van der Waals surface area contributed by atoms with Crippen LogP contribution in [0.4, 0.5) is 0 Å². The Morgan fingerprint density at radius 1 is 1.12 bits per heavy atom. The third kappa shape index (κ3) is 2.65. The lowest BCUT2D eigenvalue weighted by Crippen LogP contribution is -2.12. The van der Waals surface area contributed by atoms with Crippen LogP contribution in [-0.2, 0) is 9.84 Å². The third-order valence-corrected chi connectivity index (χ3v) is 3.92. The molecule has 1 aromatic carbocycles. The zero-order valence-electron chi connectivity index (χ0n) is 9.45. The quantitative estimate of drug-likeness (QED) is 0.805. The molecule has 4 heteroatoms. The summed E-state index contributed by atoms with van der Waals surface area (Å²) in [5, 5.41) is 1.28. The van der Waals surface area contributed by atoms with E-state index in [0.717, 1.165) is 0 Å². The summed E-state index contributed by atoms with van der Waals surface area (Å²) in [6.45, 7) is 0. The molecule has 1 aromatic rings. The first-order chi connectivity index (χ1) is 8.09. The van der Waals surface area contributed by atoms with Crippen LogP contribution >= 0.6 is 0 Å². The number of rotatable bonds is 2. The fourth-order valence-corrected chi connectivity index (χ4v) is 2.73. The van der Waals surface area contributed by atoms with Gasteiger partial charge in [-0.1, -0.05) is 24.3 Å². The van der Waals surface area contributed by atoms with E-state index in [0.29, 0.717) is 10.6 Å². The van der Waals surface area contributed by atoms with Crippen LogP contribution in [-0.4, -0.2) is 20.4 Å². The van der Waals surface area contributed by atoms with Gasteiger partial charge in [0.15, 0.2) is 0 Å². The van der Waals surface area contributed by atoms with Crippen molar-refractivity contribution in [3.8, 4) is 0 Å². The van der Waals surface area contributed by atoms with E-state index in [2.05, 4.69) is 0 Å². The summed E-state index contributed by atoms with van der Waals surface area (Å²) < 4.78 is 24.2. The molecule has 0 fully saturated rings. The maximum absolute atomic E-state index is 12.1. The van der Waals surface area contributed by atoms with Crippen LogP contribution in [0.3, 0.4) is 0 Å². The van der Waals surface area contributed by atoms with Crippen molar-refractivity contribution in [3.05, 3.63) is 65.9 Å². The smallest absolute Gasteiger partial charge is 0.201 e. The zero-order chi connectivity index (χ0) is 12.3. The highest BCUT2D eigenvalue weighted by Crippen LogP contribution is 2.17. The van der Waals surface area contributed by atoms with Gasteiger partial charge < -0.3 is 4.90 Å². The van der Waals surface area contributed by atoms with Crippen LogP contribution in [0.5, 0.6) is 0 Å². The number of likely N-dealkylation sites (N-methyl/N-ethyl adjacent to an activating group) is 1. The van der Waals surface area contributed by atoms with E-state index in [-0.39, 0.29) is 0 Å². The third-order valence-electron chi connectivity index (χ3n) is 2.44. The highest BCUT2D eigenvalue weighted by Gasteiger charge is 2.13. The Hall–Kier alpha value is -1.81. The van der Waals surface area contributed by atoms with E-state index in [4.69, 9.17) is 0 Å². The molecule has 88 valence electrons. The van der Waals surface area contributed by atoms with Gasteiger partial charge in [-0.05, 0) is 24.3 Å². The first-order valence-corrected chi connectivity index (χ1v) is 6.74. The second-order valence-electron chi connectivity index (χ2n) is 3.71. The van der Waals surface area contributed by atoms with E-state index in [1.54, 1.807) is 41.3 Å². The first kappa shape index (κ1) is 11.7. The van der Waals surface area contributed by atoms with Gasteiger partial charge in [-0.3, -0.25) is 0 Å². The molecule has 0 unspecified atom stereocenters. The molecule has 0 spiro atoms. The summed E-state index contributed by atoms with van der Waals surface area (Å²) in [6.07, 6.45) is 7.24. The van der Waals surface area contributed by atoms with Crippen molar-refractivity contribution in [2.24, 2.45) is 0 Å². The molecule has 1 aliphatic heterocycles. The molecule has 0 N–H and O–H groups in total. The Labute approximate surface area is 101 Å². The monoisotopic (exact) mass is 247 g/mol. The van der Waals surface area contributed by atoms with Gasteiger partial charge in [0.25, 0.3) is 0 Å². The highest BCUT2D eigenvalue weighted by atomic mass is 32.2. The Bertz CT molecular complexity index is 583. The number of hydrogen-bond acceptors (Lipinski definition) is 3. The van der Waals surface area contributed by atoms with Crippen LogP contribution in [0, 0.1) is 0 Å². The lowest BCUT2D eigenvalue weighted by atomic mass is 10.3. The molecule has 0 saturated heterocycles. The van der Waals surface area contributed by atoms with Gasteiger partial charge >= 0.3 is 0 Å². The molecule has 2 rings (SSSR count). The van der Waals surface area contributed by atoms with E-state index in [1.165, 1.54) is 5.41 Å². The number of nitrogens with zero attached hydrogens (tertiary/aromatic N) is 1. The van der Waals surface area contributed by atoms with E-state index in [9.17, 15) is 8.42 Å². The fourth-order valence-electron chi connectivity index (χ4n) is 1.50. The molecule has 0 radical (unpaired) electrons. The van der Waals surface area contributed by atoms with Gasteiger partial charge in [-0.2, -0.15) is 0 Å². The molecule has 0 amide bonds. The molecule has 0 aromatic heterocycles. The van der Waals surface area contributed by atoms with Crippen LogP contribution in [0.2, 0.25) is 0 Å². The van der Waals surface area contributed by atoms with Crippen LogP contribution in [0.15, 0.2) is 70.8 Å². The minimum Gasteiger partial charge on any atom is -0.350 e. The summed E-state index contributed by atoms with van der Waals surface area (Å²) in [5.74, 6) is 0. The average Bonchev–Trinajstić information content (AvgIpc) is 2.33. The minimum atomic E-state index is -3.38. The summed E-state index contributed by atoms with van der Waals surface area (Å²) in [5.41, 5.74) is 0.649. The second-order valence-corrected chi connectivity index (χ2v) is 5.51. The Balaban J connectivity index is 2.39. The normalized spacial score (nSPS) is 17.7. The largest absolute Gasteiger partial charge is 0.350 e. The van der Waals surface area contributed by atoms with E-state index < -0.39 is 9.84 Å². The maximum Gasteiger partial charge on any atom is 0.201 e. The van der Waals surface area contributed by atoms with E-state index in [1.807, 2.05) is 25.4 Å². The van der Waals surface area contributed by atoms with Gasteiger partial charge in [0.2, 0.25) is 9.84 Å². The number of benzene rings is 1. The minimum absolute atomic E-state index is 0.309. The number of hydrogen-bond donors (Lipinski definition) is 0.